The van der Waals surface area contributed by atoms with E-state index in [1.807, 2.05) is 31.2 Å². The quantitative estimate of drug-likeness (QED) is 0.927. The van der Waals surface area contributed by atoms with E-state index in [1.54, 1.807) is 24.3 Å². The lowest BCUT2D eigenvalue weighted by atomic mass is 10.0. The first-order valence-corrected chi connectivity index (χ1v) is 8.06. The molecule has 0 unspecified atom stereocenters. The molecule has 2 rings (SSSR count). The minimum absolute atomic E-state index is 0.280. The van der Waals surface area contributed by atoms with Gasteiger partial charge in [0, 0.05) is 5.69 Å². The summed E-state index contributed by atoms with van der Waals surface area (Å²) in [7, 11) is -3.52. The van der Waals surface area contributed by atoms with Crippen molar-refractivity contribution in [1.82, 2.24) is 0 Å². The molecule has 0 aliphatic rings. The summed E-state index contributed by atoms with van der Waals surface area (Å²) >= 11 is 0. The molecule has 0 bridgehead atoms. The van der Waals surface area contributed by atoms with Crippen molar-refractivity contribution in [2.24, 2.45) is 0 Å². The number of nitrogens with one attached hydrogen (secondary N) is 1. The monoisotopic (exact) mass is 289 g/mol. The Hall–Kier alpha value is -1.81. The largest absolute Gasteiger partial charge is 0.280 e. The van der Waals surface area contributed by atoms with Gasteiger partial charge in [-0.05, 0) is 42.7 Å². The maximum Gasteiger partial charge on any atom is 0.261 e. The lowest BCUT2D eigenvalue weighted by Gasteiger charge is -2.10. The molecule has 2 aromatic carbocycles. The molecular formula is C16H19NO2S. The van der Waals surface area contributed by atoms with Crippen molar-refractivity contribution in [1.29, 1.82) is 0 Å². The number of anilines is 1. The van der Waals surface area contributed by atoms with Crippen LogP contribution in [0.5, 0.6) is 0 Å². The Morgan fingerprint density at radius 1 is 0.900 bits per heavy atom. The molecule has 0 aliphatic heterocycles. The topological polar surface area (TPSA) is 46.2 Å². The van der Waals surface area contributed by atoms with E-state index in [1.165, 1.54) is 0 Å². The SMILES string of the molecule is Cc1ccc(NS(=O)(=O)c2ccc(C(C)C)cc2)cc1. The highest BCUT2D eigenvalue weighted by Gasteiger charge is 2.14. The Bertz CT molecular complexity index is 671. The fourth-order valence-electron chi connectivity index (χ4n) is 1.87. The summed E-state index contributed by atoms with van der Waals surface area (Å²) in [6.07, 6.45) is 0. The van der Waals surface area contributed by atoms with Gasteiger partial charge in [0.05, 0.1) is 4.90 Å². The summed E-state index contributed by atoms with van der Waals surface area (Å²) in [6.45, 7) is 6.12. The van der Waals surface area contributed by atoms with Crippen LogP contribution >= 0.6 is 0 Å². The van der Waals surface area contributed by atoms with Crippen molar-refractivity contribution in [3.63, 3.8) is 0 Å². The van der Waals surface area contributed by atoms with Gasteiger partial charge in [0.15, 0.2) is 0 Å². The minimum atomic E-state index is -3.52. The molecule has 0 radical (unpaired) electrons. The summed E-state index contributed by atoms with van der Waals surface area (Å²) in [4.78, 5) is 0.280. The second kappa shape index (κ2) is 5.67. The van der Waals surface area contributed by atoms with E-state index in [4.69, 9.17) is 0 Å². The zero-order valence-electron chi connectivity index (χ0n) is 11.9. The van der Waals surface area contributed by atoms with Gasteiger partial charge in [-0.15, -0.1) is 0 Å². The van der Waals surface area contributed by atoms with Gasteiger partial charge in [0.2, 0.25) is 0 Å². The average molecular weight is 289 g/mol. The van der Waals surface area contributed by atoms with Crippen molar-refractivity contribution in [2.45, 2.75) is 31.6 Å². The number of sulfonamides is 1. The van der Waals surface area contributed by atoms with Crippen LogP contribution in [0.4, 0.5) is 5.69 Å². The standard InChI is InChI=1S/C16H19NO2S/c1-12(2)14-6-10-16(11-7-14)20(18,19)17-15-8-4-13(3)5-9-15/h4-12,17H,1-3H3. The zero-order valence-corrected chi connectivity index (χ0v) is 12.7. The molecule has 4 heteroatoms. The minimum Gasteiger partial charge on any atom is -0.280 e. The van der Waals surface area contributed by atoms with Gasteiger partial charge in [-0.25, -0.2) is 8.42 Å². The van der Waals surface area contributed by atoms with Crippen molar-refractivity contribution < 1.29 is 8.42 Å². The van der Waals surface area contributed by atoms with Gasteiger partial charge in [-0.3, -0.25) is 4.72 Å². The van der Waals surface area contributed by atoms with E-state index in [0.717, 1.165) is 11.1 Å². The first-order valence-electron chi connectivity index (χ1n) is 6.58. The van der Waals surface area contributed by atoms with E-state index >= 15 is 0 Å². The molecule has 0 saturated heterocycles. The van der Waals surface area contributed by atoms with Crippen LogP contribution in [0.2, 0.25) is 0 Å². The zero-order chi connectivity index (χ0) is 14.8. The second-order valence-corrected chi connectivity index (χ2v) is 6.88. The Morgan fingerprint density at radius 2 is 1.45 bits per heavy atom. The summed E-state index contributed by atoms with van der Waals surface area (Å²) < 4.78 is 27.1. The Kier molecular flexibility index (Phi) is 4.14. The fourth-order valence-corrected chi connectivity index (χ4v) is 2.93. The van der Waals surface area contributed by atoms with E-state index in [0.29, 0.717) is 11.6 Å². The normalized spacial score (nSPS) is 11.6. The Balaban J connectivity index is 2.23. The van der Waals surface area contributed by atoms with Crippen molar-refractivity contribution in [3.8, 4) is 0 Å². The molecule has 0 spiro atoms. The fraction of sp³-hybridized carbons (Fsp3) is 0.250. The molecule has 0 saturated carbocycles. The molecule has 106 valence electrons. The highest BCUT2D eigenvalue weighted by atomic mass is 32.2. The van der Waals surface area contributed by atoms with Gasteiger partial charge < -0.3 is 0 Å². The average Bonchev–Trinajstić information content (AvgIpc) is 2.41. The van der Waals surface area contributed by atoms with Gasteiger partial charge in [-0.1, -0.05) is 43.7 Å². The number of hydrogen-bond donors (Lipinski definition) is 1. The number of benzene rings is 2. The maximum atomic E-state index is 12.3. The van der Waals surface area contributed by atoms with Gasteiger partial charge >= 0.3 is 0 Å². The first-order chi connectivity index (χ1) is 9.38. The predicted molar refractivity (Wildman–Crippen MR) is 82.5 cm³/mol. The van der Waals surface area contributed by atoms with Crippen LogP contribution in [0, 0.1) is 6.92 Å². The van der Waals surface area contributed by atoms with Crippen molar-refractivity contribution >= 4 is 15.7 Å². The smallest absolute Gasteiger partial charge is 0.261 e. The Morgan fingerprint density at radius 3 is 1.95 bits per heavy atom. The molecule has 0 heterocycles. The summed E-state index contributed by atoms with van der Waals surface area (Å²) in [6, 6.07) is 14.3. The van der Waals surface area contributed by atoms with E-state index in [9.17, 15) is 8.42 Å². The molecule has 2 aromatic rings. The van der Waals surface area contributed by atoms with Gasteiger partial charge in [0.25, 0.3) is 10.0 Å². The molecule has 0 amide bonds. The third-order valence-electron chi connectivity index (χ3n) is 3.16. The Labute approximate surface area is 120 Å². The highest BCUT2D eigenvalue weighted by molar-refractivity contribution is 7.92. The number of rotatable bonds is 4. The van der Waals surface area contributed by atoms with Crippen LogP contribution in [0.3, 0.4) is 0 Å². The molecule has 20 heavy (non-hydrogen) atoms. The van der Waals surface area contributed by atoms with Gasteiger partial charge in [-0.2, -0.15) is 0 Å². The third-order valence-corrected chi connectivity index (χ3v) is 4.56. The summed E-state index contributed by atoms with van der Waals surface area (Å²) in [5.41, 5.74) is 2.79. The summed E-state index contributed by atoms with van der Waals surface area (Å²) in [5, 5.41) is 0. The summed E-state index contributed by atoms with van der Waals surface area (Å²) in [5.74, 6) is 0.386. The van der Waals surface area contributed by atoms with Crippen molar-refractivity contribution in [3.05, 3.63) is 59.7 Å². The van der Waals surface area contributed by atoms with E-state index in [2.05, 4.69) is 18.6 Å². The van der Waals surface area contributed by atoms with E-state index in [-0.39, 0.29) is 4.90 Å². The van der Waals surface area contributed by atoms with Crippen LogP contribution in [0.1, 0.15) is 30.9 Å². The third kappa shape index (κ3) is 3.39. The first kappa shape index (κ1) is 14.6. The van der Waals surface area contributed by atoms with Crippen LogP contribution < -0.4 is 4.72 Å². The predicted octanol–water partition coefficient (Wildman–Crippen LogP) is 3.92. The maximum absolute atomic E-state index is 12.3. The number of hydrogen-bond acceptors (Lipinski definition) is 2. The van der Waals surface area contributed by atoms with Crippen LogP contribution in [-0.2, 0) is 10.0 Å². The highest BCUT2D eigenvalue weighted by Crippen LogP contribution is 2.20. The molecule has 0 fully saturated rings. The lowest BCUT2D eigenvalue weighted by Crippen LogP contribution is -2.12. The molecule has 0 aliphatic carbocycles. The molecule has 0 aromatic heterocycles. The van der Waals surface area contributed by atoms with Crippen LogP contribution in [0.15, 0.2) is 53.4 Å². The molecule has 0 atom stereocenters. The molecule has 3 nitrogen and oxygen atoms in total. The van der Waals surface area contributed by atoms with Crippen molar-refractivity contribution in [2.75, 3.05) is 4.72 Å². The van der Waals surface area contributed by atoms with Crippen LogP contribution in [-0.4, -0.2) is 8.42 Å². The molecular weight excluding hydrogens is 270 g/mol. The van der Waals surface area contributed by atoms with Crippen LogP contribution in [0.25, 0.3) is 0 Å². The second-order valence-electron chi connectivity index (χ2n) is 5.20. The number of aryl methyl sites for hydroxylation is 1. The molecule has 1 N–H and O–H groups in total. The van der Waals surface area contributed by atoms with E-state index < -0.39 is 10.0 Å². The van der Waals surface area contributed by atoms with Gasteiger partial charge in [0.1, 0.15) is 0 Å². The lowest BCUT2D eigenvalue weighted by molar-refractivity contribution is 0.601.